The van der Waals surface area contributed by atoms with Crippen LogP contribution < -0.4 is 10.5 Å². The van der Waals surface area contributed by atoms with Crippen LogP contribution in [0, 0.1) is 5.92 Å². The van der Waals surface area contributed by atoms with Gasteiger partial charge in [0, 0.05) is 6.54 Å². The first kappa shape index (κ1) is 15.8. The van der Waals surface area contributed by atoms with E-state index in [2.05, 4.69) is 39.0 Å². The smallest absolute Gasteiger partial charge is 0.119 e. The molecular weight excluding hydrogens is 234 g/mol. The lowest BCUT2D eigenvalue weighted by molar-refractivity contribution is 0.306. The first-order chi connectivity index (χ1) is 9.17. The van der Waals surface area contributed by atoms with E-state index in [0.29, 0.717) is 12.5 Å². The summed E-state index contributed by atoms with van der Waals surface area (Å²) < 4.78 is 5.70. The normalized spacial score (nSPS) is 11.9. The molecule has 0 aliphatic rings. The Morgan fingerprint density at radius 2 is 1.89 bits per heavy atom. The summed E-state index contributed by atoms with van der Waals surface area (Å²) in [6.45, 7) is 7.97. The Hall–Kier alpha value is -1.28. The standard InChI is InChI=1S/C17H27NO/c1-4-5-6-11-19-17-9-7-15(8-10-17)12-16(13-18)14(2)3/h7-10,12,14H,4-6,11,13,18H2,1-3H3. The highest BCUT2D eigenvalue weighted by Gasteiger charge is 2.01. The van der Waals surface area contributed by atoms with Gasteiger partial charge in [-0.25, -0.2) is 0 Å². The van der Waals surface area contributed by atoms with Gasteiger partial charge in [-0.15, -0.1) is 0 Å². The predicted octanol–water partition coefficient (Wildman–Crippen LogP) is 4.25. The lowest BCUT2D eigenvalue weighted by Gasteiger charge is -2.09. The summed E-state index contributed by atoms with van der Waals surface area (Å²) in [4.78, 5) is 0. The Labute approximate surface area is 117 Å². The van der Waals surface area contributed by atoms with E-state index in [1.54, 1.807) is 0 Å². The summed E-state index contributed by atoms with van der Waals surface area (Å²) in [7, 11) is 0. The number of unbranched alkanes of at least 4 members (excludes halogenated alkanes) is 2. The third kappa shape index (κ3) is 5.93. The van der Waals surface area contributed by atoms with Crippen LogP contribution in [0.1, 0.15) is 45.6 Å². The molecule has 0 unspecified atom stereocenters. The fraction of sp³-hybridized carbons (Fsp3) is 0.529. The number of nitrogens with two attached hydrogens (primary N) is 1. The third-order valence-electron chi connectivity index (χ3n) is 3.23. The minimum Gasteiger partial charge on any atom is -0.494 e. The van der Waals surface area contributed by atoms with E-state index in [9.17, 15) is 0 Å². The molecule has 0 spiro atoms. The van der Waals surface area contributed by atoms with Crippen LogP contribution in [0.3, 0.4) is 0 Å². The molecule has 2 nitrogen and oxygen atoms in total. The van der Waals surface area contributed by atoms with E-state index >= 15 is 0 Å². The van der Waals surface area contributed by atoms with Gasteiger partial charge in [-0.1, -0.05) is 57.4 Å². The van der Waals surface area contributed by atoms with Gasteiger partial charge in [0.15, 0.2) is 0 Å². The average Bonchev–Trinajstić information content (AvgIpc) is 2.42. The zero-order valence-corrected chi connectivity index (χ0v) is 12.5. The number of hydrogen-bond donors (Lipinski definition) is 1. The number of benzene rings is 1. The molecule has 2 heteroatoms. The fourth-order valence-corrected chi connectivity index (χ4v) is 1.88. The van der Waals surface area contributed by atoms with Crippen molar-refractivity contribution in [1.82, 2.24) is 0 Å². The molecule has 1 aromatic carbocycles. The zero-order chi connectivity index (χ0) is 14.1. The second-order valence-electron chi connectivity index (χ2n) is 5.20. The fourth-order valence-electron chi connectivity index (χ4n) is 1.88. The van der Waals surface area contributed by atoms with Crippen molar-refractivity contribution >= 4 is 6.08 Å². The Morgan fingerprint density at radius 3 is 2.42 bits per heavy atom. The van der Waals surface area contributed by atoms with Crippen molar-refractivity contribution in [2.24, 2.45) is 11.7 Å². The molecule has 0 aromatic heterocycles. The Balaban J connectivity index is 2.56. The second kappa shape index (κ2) is 8.76. The highest BCUT2D eigenvalue weighted by atomic mass is 16.5. The van der Waals surface area contributed by atoms with Crippen molar-refractivity contribution in [1.29, 1.82) is 0 Å². The molecular formula is C17H27NO. The van der Waals surface area contributed by atoms with E-state index in [4.69, 9.17) is 10.5 Å². The summed E-state index contributed by atoms with van der Waals surface area (Å²) in [5, 5.41) is 0. The Morgan fingerprint density at radius 1 is 1.21 bits per heavy atom. The lowest BCUT2D eigenvalue weighted by Crippen LogP contribution is -2.08. The monoisotopic (exact) mass is 261 g/mol. The quantitative estimate of drug-likeness (QED) is 0.710. The van der Waals surface area contributed by atoms with E-state index in [1.807, 2.05) is 12.1 Å². The SMILES string of the molecule is CCCCCOc1ccc(C=C(CN)C(C)C)cc1. The molecule has 19 heavy (non-hydrogen) atoms. The van der Waals surface area contributed by atoms with Gasteiger partial charge in [-0.05, 0) is 30.0 Å². The van der Waals surface area contributed by atoms with Gasteiger partial charge >= 0.3 is 0 Å². The highest BCUT2D eigenvalue weighted by Crippen LogP contribution is 2.17. The number of rotatable bonds is 8. The second-order valence-corrected chi connectivity index (χ2v) is 5.20. The Bertz CT molecular complexity index is 379. The molecule has 0 heterocycles. The van der Waals surface area contributed by atoms with Crippen molar-refractivity contribution in [3.05, 3.63) is 35.4 Å². The molecule has 0 saturated carbocycles. The first-order valence-electron chi connectivity index (χ1n) is 7.30. The minimum atomic E-state index is 0.495. The molecule has 0 aliphatic carbocycles. The van der Waals surface area contributed by atoms with Crippen LogP contribution in [-0.4, -0.2) is 13.2 Å². The number of hydrogen-bond acceptors (Lipinski definition) is 2. The zero-order valence-electron chi connectivity index (χ0n) is 12.5. The lowest BCUT2D eigenvalue weighted by atomic mass is 10.0. The van der Waals surface area contributed by atoms with Crippen LogP contribution in [0.5, 0.6) is 5.75 Å². The van der Waals surface area contributed by atoms with Gasteiger partial charge in [0.2, 0.25) is 0 Å². The maximum atomic E-state index is 5.75. The molecule has 106 valence electrons. The molecule has 0 bridgehead atoms. The summed E-state index contributed by atoms with van der Waals surface area (Å²) in [6, 6.07) is 8.25. The van der Waals surface area contributed by atoms with Crippen LogP contribution in [0.4, 0.5) is 0 Å². The molecule has 0 atom stereocenters. The van der Waals surface area contributed by atoms with Crippen LogP contribution in [0.15, 0.2) is 29.8 Å². The molecule has 0 radical (unpaired) electrons. The molecule has 1 rings (SSSR count). The van der Waals surface area contributed by atoms with Gasteiger partial charge in [0.1, 0.15) is 5.75 Å². The highest BCUT2D eigenvalue weighted by molar-refractivity contribution is 5.54. The molecule has 0 aliphatic heterocycles. The van der Waals surface area contributed by atoms with E-state index < -0.39 is 0 Å². The van der Waals surface area contributed by atoms with Crippen molar-refractivity contribution in [2.75, 3.05) is 13.2 Å². The van der Waals surface area contributed by atoms with Crippen molar-refractivity contribution in [3.63, 3.8) is 0 Å². The summed E-state index contributed by atoms with van der Waals surface area (Å²) in [5.74, 6) is 1.45. The maximum absolute atomic E-state index is 5.75. The molecule has 0 amide bonds. The largest absolute Gasteiger partial charge is 0.494 e. The van der Waals surface area contributed by atoms with Crippen LogP contribution in [0.2, 0.25) is 0 Å². The van der Waals surface area contributed by atoms with Crippen LogP contribution in [-0.2, 0) is 0 Å². The molecule has 0 fully saturated rings. The van der Waals surface area contributed by atoms with Gasteiger partial charge in [0.05, 0.1) is 6.61 Å². The summed E-state index contributed by atoms with van der Waals surface area (Å²) in [6.07, 6.45) is 5.76. The predicted molar refractivity (Wildman–Crippen MR) is 83.3 cm³/mol. The maximum Gasteiger partial charge on any atom is 0.119 e. The molecule has 1 aromatic rings. The van der Waals surface area contributed by atoms with Gasteiger partial charge in [-0.3, -0.25) is 0 Å². The third-order valence-corrected chi connectivity index (χ3v) is 3.23. The van der Waals surface area contributed by atoms with Gasteiger partial charge in [0.25, 0.3) is 0 Å². The van der Waals surface area contributed by atoms with Crippen LogP contribution >= 0.6 is 0 Å². The molecule has 0 saturated heterocycles. The molecule has 2 N–H and O–H groups in total. The van der Waals surface area contributed by atoms with Gasteiger partial charge < -0.3 is 10.5 Å². The van der Waals surface area contributed by atoms with Crippen molar-refractivity contribution < 1.29 is 4.74 Å². The average molecular weight is 261 g/mol. The first-order valence-corrected chi connectivity index (χ1v) is 7.30. The van der Waals surface area contributed by atoms with E-state index in [0.717, 1.165) is 18.8 Å². The van der Waals surface area contributed by atoms with Gasteiger partial charge in [-0.2, -0.15) is 0 Å². The number of ether oxygens (including phenoxy) is 1. The minimum absolute atomic E-state index is 0.495. The summed E-state index contributed by atoms with van der Waals surface area (Å²) in [5.41, 5.74) is 8.22. The van der Waals surface area contributed by atoms with Crippen LogP contribution in [0.25, 0.3) is 6.08 Å². The van der Waals surface area contributed by atoms with E-state index in [1.165, 1.54) is 24.0 Å². The topological polar surface area (TPSA) is 35.2 Å². The van der Waals surface area contributed by atoms with Crippen molar-refractivity contribution in [2.45, 2.75) is 40.0 Å². The summed E-state index contributed by atoms with van der Waals surface area (Å²) >= 11 is 0. The van der Waals surface area contributed by atoms with E-state index in [-0.39, 0.29) is 0 Å². The van der Waals surface area contributed by atoms with Crippen molar-refractivity contribution in [3.8, 4) is 5.75 Å². The Kier molecular flexibility index (Phi) is 7.27.